The van der Waals surface area contributed by atoms with Gasteiger partial charge in [0.1, 0.15) is 17.5 Å². The van der Waals surface area contributed by atoms with Gasteiger partial charge in [0.2, 0.25) is 17.6 Å². The van der Waals surface area contributed by atoms with Crippen molar-refractivity contribution in [1.29, 1.82) is 0 Å². The number of phenolic OH excluding ortho intramolecular Hbond substituents is 1. The van der Waals surface area contributed by atoms with E-state index in [0.717, 1.165) is 12.8 Å². The molecule has 4 aliphatic rings. The molecule has 40 heavy (non-hydrogen) atoms. The molecule has 0 radical (unpaired) electrons. The van der Waals surface area contributed by atoms with E-state index in [9.17, 15) is 29.1 Å². The van der Waals surface area contributed by atoms with Crippen molar-refractivity contribution in [3.63, 3.8) is 0 Å². The lowest BCUT2D eigenvalue weighted by Gasteiger charge is -2.34. The monoisotopic (exact) mass is 549 g/mol. The van der Waals surface area contributed by atoms with Crippen LogP contribution in [0.25, 0.3) is 10.9 Å². The minimum atomic E-state index is -1.16. The molecule has 1 aromatic carbocycles. The van der Waals surface area contributed by atoms with Gasteiger partial charge in [-0.25, -0.2) is 0 Å². The van der Waals surface area contributed by atoms with Gasteiger partial charge in [-0.3, -0.25) is 24.0 Å². The van der Waals surface area contributed by atoms with Gasteiger partial charge in [-0.1, -0.05) is 19.9 Å². The summed E-state index contributed by atoms with van der Waals surface area (Å²) in [5.74, 6) is -2.83. The highest BCUT2D eigenvalue weighted by molar-refractivity contribution is 6.38. The Balaban J connectivity index is 1.26. The Morgan fingerprint density at radius 1 is 1.18 bits per heavy atom. The fourth-order valence-electron chi connectivity index (χ4n) is 6.86. The highest BCUT2D eigenvalue weighted by Crippen LogP contribution is 2.65. The lowest BCUT2D eigenvalue weighted by Crippen LogP contribution is -2.57. The molecular weight excluding hydrogens is 514 g/mol. The Hall–Kier alpha value is -3.89. The molecule has 1 aliphatic carbocycles. The molecule has 4 N–H and O–H groups in total. The van der Waals surface area contributed by atoms with Gasteiger partial charge in [-0.15, -0.1) is 0 Å². The van der Waals surface area contributed by atoms with Crippen LogP contribution >= 0.6 is 0 Å². The molecular formula is C29H35N5O6. The molecule has 11 nitrogen and oxygen atoms in total. The van der Waals surface area contributed by atoms with E-state index in [1.54, 1.807) is 24.3 Å². The maximum absolute atomic E-state index is 13.9. The van der Waals surface area contributed by atoms with Crippen LogP contribution in [0.4, 0.5) is 0 Å². The number of hydrogen-bond donors (Lipinski definition) is 4. The number of fused-ring (bicyclic) bond motifs is 2. The fourth-order valence-corrected chi connectivity index (χ4v) is 6.86. The third-order valence-corrected chi connectivity index (χ3v) is 9.52. The summed E-state index contributed by atoms with van der Waals surface area (Å²) >= 11 is 0. The standard InChI is InChI=1S/C29H35N5O6/c1-29(2)17-14-34(27(39)20-13-16-18(31-20)7-3-8-21(16)35)23(22(17)29)26(38)32-19(12-15-6-4-9-30-25(15)37)24(36)28(40)33-10-5-11-33/h3,7-8,13,15,17,19,22-23,31,35H,4-6,9-12,14H2,1-2H3,(H,30,37)(H,32,38)/t15-,17-,19-,22-,23-/m0/s1. The van der Waals surface area contributed by atoms with Crippen molar-refractivity contribution in [2.75, 3.05) is 26.2 Å². The smallest absolute Gasteiger partial charge is 0.292 e. The highest BCUT2D eigenvalue weighted by atomic mass is 16.3. The second-order valence-electron chi connectivity index (χ2n) is 12.2. The molecule has 11 heteroatoms. The van der Waals surface area contributed by atoms with Crippen LogP contribution in [-0.2, 0) is 19.2 Å². The number of aromatic nitrogens is 1. The largest absolute Gasteiger partial charge is 0.507 e. The van der Waals surface area contributed by atoms with Crippen LogP contribution in [0.5, 0.6) is 5.75 Å². The van der Waals surface area contributed by atoms with Crippen molar-refractivity contribution in [2.24, 2.45) is 23.2 Å². The third kappa shape index (κ3) is 4.31. The number of phenols is 1. The van der Waals surface area contributed by atoms with Crippen LogP contribution in [0, 0.1) is 23.2 Å². The van der Waals surface area contributed by atoms with E-state index in [-0.39, 0.29) is 46.9 Å². The number of amides is 4. The van der Waals surface area contributed by atoms with Gasteiger partial charge in [0, 0.05) is 43.0 Å². The number of nitrogens with zero attached hydrogens (tertiary/aromatic N) is 2. The molecule has 5 atom stereocenters. The lowest BCUT2D eigenvalue weighted by molar-refractivity contribution is -0.149. The zero-order valence-electron chi connectivity index (χ0n) is 22.7. The summed E-state index contributed by atoms with van der Waals surface area (Å²) in [7, 11) is 0. The molecule has 212 valence electrons. The molecule has 3 saturated heterocycles. The summed E-state index contributed by atoms with van der Waals surface area (Å²) in [6.07, 6.45) is 2.19. The molecule has 0 unspecified atom stereocenters. The molecule has 6 rings (SSSR count). The average Bonchev–Trinajstić information content (AvgIpc) is 3.28. The number of benzene rings is 1. The molecule has 2 aromatic rings. The van der Waals surface area contributed by atoms with Gasteiger partial charge in [0.05, 0.1) is 6.04 Å². The minimum absolute atomic E-state index is 0.0371. The van der Waals surface area contributed by atoms with E-state index in [1.165, 1.54) is 9.80 Å². The van der Waals surface area contributed by atoms with E-state index >= 15 is 0 Å². The van der Waals surface area contributed by atoms with Crippen LogP contribution in [0.1, 0.15) is 50.0 Å². The van der Waals surface area contributed by atoms with Gasteiger partial charge in [-0.2, -0.15) is 0 Å². The van der Waals surface area contributed by atoms with E-state index in [2.05, 4.69) is 29.5 Å². The Labute approximate surface area is 231 Å². The van der Waals surface area contributed by atoms with Gasteiger partial charge in [-0.05, 0) is 61.1 Å². The Morgan fingerprint density at radius 2 is 1.95 bits per heavy atom. The number of H-pyrrole nitrogens is 1. The molecule has 1 saturated carbocycles. The summed E-state index contributed by atoms with van der Waals surface area (Å²) in [5, 5.41) is 16.3. The Morgan fingerprint density at radius 3 is 2.62 bits per heavy atom. The first-order valence-corrected chi connectivity index (χ1v) is 14.1. The van der Waals surface area contributed by atoms with Gasteiger partial charge < -0.3 is 30.5 Å². The number of aromatic amines is 1. The van der Waals surface area contributed by atoms with Crippen LogP contribution in [0.3, 0.4) is 0 Å². The Kier molecular flexibility index (Phi) is 6.35. The number of carbonyl (C=O) groups is 5. The molecule has 4 heterocycles. The van der Waals surface area contributed by atoms with Crippen molar-refractivity contribution in [3.8, 4) is 5.75 Å². The zero-order valence-corrected chi connectivity index (χ0v) is 22.7. The van der Waals surface area contributed by atoms with Crippen molar-refractivity contribution < 1.29 is 29.1 Å². The van der Waals surface area contributed by atoms with E-state index < -0.39 is 35.6 Å². The first-order valence-electron chi connectivity index (χ1n) is 14.1. The fraction of sp³-hybridized carbons (Fsp3) is 0.552. The Bertz CT molecular complexity index is 1410. The maximum Gasteiger partial charge on any atom is 0.292 e. The summed E-state index contributed by atoms with van der Waals surface area (Å²) < 4.78 is 0. The van der Waals surface area contributed by atoms with Crippen LogP contribution in [0.15, 0.2) is 24.3 Å². The normalized spacial score (nSPS) is 27.4. The van der Waals surface area contributed by atoms with Crippen molar-refractivity contribution in [1.82, 2.24) is 25.4 Å². The van der Waals surface area contributed by atoms with Crippen LogP contribution in [-0.4, -0.2) is 87.6 Å². The molecule has 0 spiro atoms. The van der Waals surface area contributed by atoms with Crippen LogP contribution in [0.2, 0.25) is 0 Å². The first-order chi connectivity index (χ1) is 19.1. The number of piperidine rings is 2. The second-order valence-corrected chi connectivity index (χ2v) is 12.2. The third-order valence-electron chi connectivity index (χ3n) is 9.52. The second kappa shape index (κ2) is 9.64. The average molecular weight is 550 g/mol. The van der Waals surface area contributed by atoms with Crippen LogP contribution < -0.4 is 10.6 Å². The maximum atomic E-state index is 13.9. The number of aromatic hydroxyl groups is 1. The van der Waals surface area contributed by atoms with Gasteiger partial charge in [0.25, 0.3) is 11.8 Å². The summed E-state index contributed by atoms with van der Waals surface area (Å²) in [5.41, 5.74) is 0.705. The predicted molar refractivity (Wildman–Crippen MR) is 144 cm³/mol. The van der Waals surface area contributed by atoms with Crippen molar-refractivity contribution in [2.45, 2.75) is 51.6 Å². The minimum Gasteiger partial charge on any atom is -0.507 e. The number of carbonyl (C=O) groups excluding carboxylic acids is 5. The van der Waals surface area contributed by atoms with Gasteiger partial charge >= 0.3 is 0 Å². The summed E-state index contributed by atoms with van der Waals surface area (Å²) in [6.45, 7) is 6.07. The number of likely N-dealkylation sites (tertiary alicyclic amines) is 2. The first kappa shape index (κ1) is 26.3. The number of nitrogens with one attached hydrogen (secondary N) is 3. The molecule has 4 amide bonds. The van der Waals surface area contributed by atoms with Crippen molar-refractivity contribution in [3.05, 3.63) is 30.0 Å². The summed E-state index contributed by atoms with van der Waals surface area (Å²) in [4.78, 5) is 72.4. The number of hydrogen-bond acceptors (Lipinski definition) is 6. The number of ketones is 1. The van der Waals surface area contributed by atoms with E-state index in [1.807, 2.05) is 0 Å². The number of Topliss-reactive ketones (excluding diaryl/α,β-unsaturated/α-hetero) is 1. The molecule has 4 fully saturated rings. The predicted octanol–water partition coefficient (Wildman–Crippen LogP) is 1.17. The highest BCUT2D eigenvalue weighted by Gasteiger charge is 2.69. The molecule has 3 aliphatic heterocycles. The number of rotatable bonds is 7. The van der Waals surface area contributed by atoms with Crippen molar-refractivity contribution >= 4 is 40.3 Å². The van der Waals surface area contributed by atoms with E-state index in [4.69, 9.17) is 0 Å². The lowest BCUT2D eigenvalue weighted by atomic mass is 9.89. The summed E-state index contributed by atoms with van der Waals surface area (Å²) in [6, 6.07) is 4.57. The molecule has 1 aromatic heterocycles. The zero-order chi connectivity index (χ0) is 28.3. The van der Waals surface area contributed by atoms with E-state index in [0.29, 0.717) is 43.5 Å². The SMILES string of the molecule is CC1(C)[C@@H]2[C@@H](C(=O)N[C@@H](C[C@@H]3CCCNC3=O)C(=O)C(=O)N3CCC3)N(C(=O)c3cc4c(O)cccc4[nH]3)C[C@@H]21. The van der Waals surface area contributed by atoms with Gasteiger partial charge in [0.15, 0.2) is 0 Å². The topological polar surface area (TPSA) is 152 Å². The quantitative estimate of drug-likeness (QED) is 0.381. The molecule has 0 bridgehead atoms.